The van der Waals surface area contributed by atoms with Gasteiger partial charge in [0, 0.05) is 4.88 Å². The van der Waals surface area contributed by atoms with Crippen molar-refractivity contribution in [3.05, 3.63) is 21.9 Å². The summed E-state index contributed by atoms with van der Waals surface area (Å²) in [5.41, 5.74) is 7.38. The number of fused-ring (bicyclic) bond motifs is 1. The van der Waals surface area contributed by atoms with Crippen LogP contribution in [0, 0.1) is 11.8 Å². The summed E-state index contributed by atoms with van der Waals surface area (Å²) in [6.45, 7) is 5.47. The Balaban J connectivity index is 2.31. The zero-order valence-electron chi connectivity index (χ0n) is 8.99. The van der Waals surface area contributed by atoms with Gasteiger partial charge >= 0.3 is 0 Å². The summed E-state index contributed by atoms with van der Waals surface area (Å²) < 4.78 is 0. The molecule has 0 saturated heterocycles. The molecule has 78 valence electrons. The van der Waals surface area contributed by atoms with E-state index in [1.54, 1.807) is 10.4 Å². The van der Waals surface area contributed by atoms with Crippen LogP contribution >= 0.6 is 11.3 Å². The summed E-state index contributed by atoms with van der Waals surface area (Å²) in [7, 11) is 0. The molecule has 0 aliphatic heterocycles. The molecule has 0 aromatic carbocycles. The molecular formula is C12H19NS. The van der Waals surface area contributed by atoms with Gasteiger partial charge in [-0.3, -0.25) is 0 Å². The molecule has 1 aliphatic rings. The van der Waals surface area contributed by atoms with Gasteiger partial charge in [0.05, 0.1) is 0 Å². The zero-order valence-corrected chi connectivity index (χ0v) is 9.81. The topological polar surface area (TPSA) is 26.0 Å². The summed E-state index contributed by atoms with van der Waals surface area (Å²) >= 11 is 1.93. The third-order valence-electron chi connectivity index (χ3n) is 3.55. The maximum Gasteiger partial charge on any atom is 0.0114 e. The Hall–Kier alpha value is -0.340. The molecule has 0 spiro atoms. The fraction of sp³-hybridized carbons (Fsp3) is 0.667. The number of nitrogens with two attached hydrogens (primary N) is 1. The number of hydrogen-bond acceptors (Lipinski definition) is 2. The third-order valence-corrected chi connectivity index (χ3v) is 4.61. The number of rotatable bonds is 2. The van der Waals surface area contributed by atoms with Crippen LogP contribution in [0.1, 0.15) is 36.6 Å². The summed E-state index contributed by atoms with van der Waals surface area (Å²) in [5.74, 6) is 2.14. The van der Waals surface area contributed by atoms with Crippen LogP contribution in [0.15, 0.2) is 11.4 Å². The molecule has 1 aromatic rings. The van der Waals surface area contributed by atoms with Crippen molar-refractivity contribution in [3.8, 4) is 0 Å². The smallest absolute Gasteiger partial charge is 0.0114 e. The maximum absolute atomic E-state index is 5.80. The van der Waals surface area contributed by atoms with Gasteiger partial charge in [-0.2, -0.15) is 0 Å². The van der Waals surface area contributed by atoms with Crippen LogP contribution in [0.3, 0.4) is 0 Å². The lowest BCUT2D eigenvalue weighted by molar-refractivity contribution is 0.321. The van der Waals surface area contributed by atoms with Crippen molar-refractivity contribution in [3.63, 3.8) is 0 Å². The first-order chi connectivity index (χ1) is 6.74. The van der Waals surface area contributed by atoms with Crippen molar-refractivity contribution in [1.29, 1.82) is 0 Å². The van der Waals surface area contributed by atoms with Crippen molar-refractivity contribution in [2.24, 2.45) is 17.6 Å². The van der Waals surface area contributed by atoms with E-state index in [0.29, 0.717) is 11.8 Å². The first kappa shape index (κ1) is 10.2. The lowest BCUT2D eigenvalue weighted by Gasteiger charge is -2.33. The summed E-state index contributed by atoms with van der Waals surface area (Å²) in [5, 5.41) is 2.24. The second-order valence-corrected chi connectivity index (χ2v) is 5.51. The molecule has 1 aromatic heterocycles. The molecule has 0 fully saturated rings. The van der Waals surface area contributed by atoms with Crippen LogP contribution in [0.2, 0.25) is 0 Å². The Kier molecular flexibility index (Phi) is 2.93. The monoisotopic (exact) mass is 209 g/mol. The molecule has 3 atom stereocenters. The number of hydrogen-bond donors (Lipinski definition) is 1. The fourth-order valence-electron chi connectivity index (χ4n) is 2.63. The Morgan fingerprint density at radius 1 is 1.64 bits per heavy atom. The number of aryl methyl sites for hydroxylation is 1. The molecule has 14 heavy (non-hydrogen) atoms. The van der Waals surface area contributed by atoms with Crippen molar-refractivity contribution in [2.45, 2.75) is 32.6 Å². The number of thiophene rings is 1. The Labute approximate surface area is 90.3 Å². The second kappa shape index (κ2) is 4.03. The van der Waals surface area contributed by atoms with Gasteiger partial charge in [0.2, 0.25) is 0 Å². The van der Waals surface area contributed by atoms with E-state index in [4.69, 9.17) is 5.73 Å². The molecular weight excluding hydrogens is 190 g/mol. The molecule has 0 bridgehead atoms. The first-order valence-electron chi connectivity index (χ1n) is 5.50. The van der Waals surface area contributed by atoms with Gasteiger partial charge < -0.3 is 5.73 Å². The normalized spacial score (nSPS) is 28.5. The van der Waals surface area contributed by atoms with E-state index in [-0.39, 0.29) is 0 Å². The minimum absolute atomic E-state index is 0.627. The van der Waals surface area contributed by atoms with E-state index in [0.717, 1.165) is 12.5 Å². The van der Waals surface area contributed by atoms with E-state index in [2.05, 4.69) is 25.3 Å². The molecule has 1 aliphatic carbocycles. The van der Waals surface area contributed by atoms with Crippen molar-refractivity contribution < 1.29 is 0 Å². The average molecular weight is 209 g/mol. The van der Waals surface area contributed by atoms with Crippen LogP contribution in [0.5, 0.6) is 0 Å². The summed E-state index contributed by atoms with van der Waals surface area (Å²) in [6.07, 6.45) is 2.60. The van der Waals surface area contributed by atoms with Crippen LogP contribution in [-0.2, 0) is 6.42 Å². The first-order valence-corrected chi connectivity index (χ1v) is 6.38. The molecule has 0 amide bonds. The molecule has 0 saturated carbocycles. The van der Waals surface area contributed by atoms with Gasteiger partial charge in [-0.25, -0.2) is 0 Å². The van der Waals surface area contributed by atoms with Gasteiger partial charge in [-0.15, -0.1) is 11.3 Å². The Bertz CT molecular complexity index is 305. The van der Waals surface area contributed by atoms with E-state index in [1.807, 2.05) is 11.3 Å². The standard InChI is InChI=1S/C12H19NS/c1-8-3-4-10-5-6-14-12(10)11(8)9(2)7-13/h5-6,8-9,11H,3-4,7,13H2,1-2H3. The second-order valence-electron chi connectivity index (χ2n) is 4.56. The summed E-state index contributed by atoms with van der Waals surface area (Å²) in [4.78, 5) is 1.61. The fourth-order valence-corrected chi connectivity index (χ4v) is 3.96. The molecule has 0 radical (unpaired) electrons. The highest BCUT2D eigenvalue weighted by Crippen LogP contribution is 2.43. The average Bonchev–Trinajstić information content (AvgIpc) is 2.64. The minimum Gasteiger partial charge on any atom is -0.330 e. The quantitative estimate of drug-likeness (QED) is 0.796. The predicted octanol–water partition coefficient (Wildman–Crippen LogP) is 3.01. The largest absolute Gasteiger partial charge is 0.330 e. The third kappa shape index (κ3) is 1.61. The molecule has 2 rings (SSSR count). The van der Waals surface area contributed by atoms with Crippen LogP contribution < -0.4 is 5.73 Å². The highest BCUT2D eigenvalue weighted by molar-refractivity contribution is 7.10. The Morgan fingerprint density at radius 2 is 2.43 bits per heavy atom. The van der Waals surface area contributed by atoms with E-state index in [9.17, 15) is 0 Å². The molecule has 2 N–H and O–H groups in total. The van der Waals surface area contributed by atoms with Crippen molar-refractivity contribution in [1.82, 2.24) is 0 Å². The molecule has 1 heterocycles. The summed E-state index contributed by atoms with van der Waals surface area (Å²) in [6, 6.07) is 2.29. The van der Waals surface area contributed by atoms with Crippen molar-refractivity contribution >= 4 is 11.3 Å². The van der Waals surface area contributed by atoms with Gasteiger partial charge in [0.1, 0.15) is 0 Å². The van der Waals surface area contributed by atoms with Crippen LogP contribution in [0.4, 0.5) is 0 Å². The van der Waals surface area contributed by atoms with Crippen LogP contribution in [0.25, 0.3) is 0 Å². The van der Waals surface area contributed by atoms with E-state index < -0.39 is 0 Å². The van der Waals surface area contributed by atoms with Gasteiger partial charge in [0.25, 0.3) is 0 Å². The van der Waals surface area contributed by atoms with Crippen molar-refractivity contribution in [2.75, 3.05) is 6.54 Å². The highest BCUT2D eigenvalue weighted by atomic mass is 32.1. The predicted molar refractivity (Wildman–Crippen MR) is 62.8 cm³/mol. The zero-order chi connectivity index (χ0) is 10.1. The lowest BCUT2D eigenvalue weighted by Crippen LogP contribution is -2.27. The Morgan fingerprint density at radius 3 is 3.14 bits per heavy atom. The van der Waals surface area contributed by atoms with Crippen LogP contribution in [-0.4, -0.2) is 6.54 Å². The van der Waals surface area contributed by atoms with Gasteiger partial charge in [0.15, 0.2) is 0 Å². The van der Waals surface area contributed by atoms with Gasteiger partial charge in [-0.1, -0.05) is 13.8 Å². The van der Waals surface area contributed by atoms with E-state index in [1.165, 1.54) is 12.8 Å². The lowest BCUT2D eigenvalue weighted by atomic mass is 9.74. The minimum atomic E-state index is 0.627. The molecule has 1 nitrogen and oxygen atoms in total. The SMILES string of the molecule is CC(CN)C1c2sccc2CCC1C. The van der Waals surface area contributed by atoms with E-state index >= 15 is 0 Å². The molecule has 3 unspecified atom stereocenters. The van der Waals surface area contributed by atoms with Gasteiger partial charge in [-0.05, 0) is 54.1 Å². The molecule has 2 heteroatoms. The highest BCUT2D eigenvalue weighted by Gasteiger charge is 2.30. The maximum atomic E-state index is 5.80.